The molecular formula is C28H56O2. The molecule has 0 heterocycles. The van der Waals surface area contributed by atoms with Crippen molar-refractivity contribution in [2.24, 2.45) is 0 Å². The molecule has 0 aliphatic heterocycles. The van der Waals surface area contributed by atoms with Crippen LogP contribution in [0.3, 0.4) is 0 Å². The molecule has 0 aromatic heterocycles. The topological polar surface area (TPSA) is 26.3 Å². The molecule has 2 nitrogen and oxygen atoms in total. The summed E-state index contributed by atoms with van der Waals surface area (Å²) < 4.78 is 5.34. The highest BCUT2D eigenvalue weighted by Gasteiger charge is 2.02. The van der Waals surface area contributed by atoms with Crippen molar-refractivity contribution in [1.82, 2.24) is 0 Å². The lowest BCUT2D eigenvalue weighted by atomic mass is 10.0. The fraction of sp³-hybridized carbons (Fsp3) is 0.964. The second kappa shape index (κ2) is 26.5. The predicted octanol–water partition coefficient (Wildman–Crippen LogP) is 9.93. The fourth-order valence-corrected chi connectivity index (χ4v) is 4.13. The Kier molecular flexibility index (Phi) is 26.0. The van der Waals surface area contributed by atoms with E-state index < -0.39 is 0 Å². The van der Waals surface area contributed by atoms with E-state index >= 15 is 0 Å². The standard InChI is InChI=1S/C28H56O2/c1-3-5-7-9-10-11-12-13-14-15-16-17-18-19-20-21-23-25-27-30-28(29)26-24-22-8-6-4-2/h3-27H2,1-2H3. The number of ether oxygens (including phenoxy) is 1. The number of esters is 1. The maximum atomic E-state index is 11.6. The first-order chi connectivity index (χ1) is 14.8. The van der Waals surface area contributed by atoms with Crippen LogP contribution in [0.25, 0.3) is 0 Å². The molecular weight excluding hydrogens is 368 g/mol. The van der Waals surface area contributed by atoms with Gasteiger partial charge in [-0.1, -0.05) is 149 Å². The smallest absolute Gasteiger partial charge is 0.305 e. The monoisotopic (exact) mass is 424 g/mol. The van der Waals surface area contributed by atoms with E-state index in [0.29, 0.717) is 13.0 Å². The number of rotatable bonds is 25. The molecule has 0 unspecified atom stereocenters. The number of carbonyl (C=O) groups excluding carboxylic acids is 1. The van der Waals surface area contributed by atoms with Crippen LogP contribution in [0, 0.1) is 0 Å². The van der Waals surface area contributed by atoms with Gasteiger partial charge in [0.05, 0.1) is 6.61 Å². The summed E-state index contributed by atoms with van der Waals surface area (Å²) in [5.41, 5.74) is 0. The molecule has 0 radical (unpaired) electrons. The number of hydrogen-bond donors (Lipinski definition) is 0. The van der Waals surface area contributed by atoms with Gasteiger partial charge in [0.25, 0.3) is 0 Å². The molecule has 0 saturated heterocycles. The molecule has 0 aliphatic carbocycles. The molecule has 0 atom stereocenters. The normalized spacial score (nSPS) is 11.1. The summed E-state index contributed by atoms with van der Waals surface area (Å²) in [6, 6.07) is 0. The van der Waals surface area contributed by atoms with Crippen molar-refractivity contribution in [2.45, 2.75) is 168 Å². The van der Waals surface area contributed by atoms with E-state index in [9.17, 15) is 4.79 Å². The predicted molar refractivity (Wildman–Crippen MR) is 133 cm³/mol. The van der Waals surface area contributed by atoms with Crippen molar-refractivity contribution in [3.05, 3.63) is 0 Å². The Morgan fingerprint density at radius 2 is 0.733 bits per heavy atom. The van der Waals surface area contributed by atoms with Crippen LogP contribution in [-0.4, -0.2) is 12.6 Å². The Morgan fingerprint density at radius 3 is 1.10 bits per heavy atom. The lowest BCUT2D eigenvalue weighted by molar-refractivity contribution is -0.143. The molecule has 30 heavy (non-hydrogen) atoms. The van der Waals surface area contributed by atoms with Gasteiger partial charge in [-0.3, -0.25) is 4.79 Å². The average molecular weight is 425 g/mol. The molecule has 0 amide bonds. The highest BCUT2D eigenvalue weighted by atomic mass is 16.5. The maximum Gasteiger partial charge on any atom is 0.305 e. The summed E-state index contributed by atoms with van der Waals surface area (Å²) in [6.45, 7) is 5.14. The first kappa shape index (κ1) is 29.5. The van der Waals surface area contributed by atoms with Crippen LogP contribution in [0.4, 0.5) is 0 Å². The van der Waals surface area contributed by atoms with Gasteiger partial charge in [-0.2, -0.15) is 0 Å². The SMILES string of the molecule is CCCCCCCCCCCCCCCCCCCCOC(=O)CCCCCCC. The Labute approximate surface area is 190 Å². The van der Waals surface area contributed by atoms with Crippen LogP contribution < -0.4 is 0 Å². The molecule has 0 aromatic rings. The highest BCUT2D eigenvalue weighted by molar-refractivity contribution is 5.69. The van der Waals surface area contributed by atoms with Crippen LogP contribution in [0.1, 0.15) is 168 Å². The minimum absolute atomic E-state index is 0.0125. The number of hydrogen-bond acceptors (Lipinski definition) is 2. The van der Waals surface area contributed by atoms with Gasteiger partial charge in [0, 0.05) is 6.42 Å². The first-order valence-corrected chi connectivity index (χ1v) is 14.0. The maximum absolute atomic E-state index is 11.6. The van der Waals surface area contributed by atoms with Crippen molar-refractivity contribution in [3.8, 4) is 0 Å². The zero-order valence-electron chi connectivity index (χ0n) is 21.0. The second-order valence-electron chi connectivity index (χ2n) is 9.40. The molecule has 0 N–H and O–H groups in total. The lowest BCUT2D eigenvalue weighted by Gasteiger charge is -2.05. The van der Waals surface area contributed by atoms with Gasteiger partial charge in [-0.05, 0) is 12.8 Å². The Hall–Kier alpha value is -0.530. The molecule has 180 valence electrons. The van der Waals surface area contributed by atoms with E-state index in [4.69, 9.17) is 4.74 Å². The van der Waals surface area contributed by atoms with Crippen molar-refractivity contribution >= 4 is 5.97 Å². The molecule has 0 aromatic carbocycles. The Morgan fingerprint density at radius 1 is 0.433 bits per heavy atom. The molecule has 2 heteroatoms. The highest BCUT2D eigenvalue weighted by Crippen LogP contribution is 2.14. The summed E-state index contributed by atoms with van der Waals surface area (Å²) in [6.07, 6.45) is 31.5. The summed E-state index contributed by atoms with van der Waals surface area (Å²) in [5.74, 6) is 0.0125. The van der Waals surface area contributed by atoms with Crippen molar-refractivity contribution in [2.75, 3.05) is 6.61 Å². The molecule has 0 aliphatic rings. The third-order valence-corrected chi connectivity index (χ3v) is 6.25. The minimum atomic E-state index is 0.0125. The third-order valence-electron chi connectivity index (χ3n) is 6.25. The number of unbranched alkanes of at least 4 members (excludes halogenated alkanes) is 21. The first-order valence-electron chi connectivity index (χ1n) is 14.0. The zero-order valence-corrected chi connectivity index (χ0v) is 21.0. The molecule has 0 fully saturated rings. The fourth-order valence-electron chi connectivity index (χ4n) is 4.13. The van der Waals surface area contributed by atoms with Crippen LogP contribution in [-0.2, 0) is 9.53 Å². The van der Waals surface area contributed by atoms with Gasteiger partial charge in [0.15, 0.2) is 0 Å². The second-order valence-corrected chi connectivity index (χ2v) is 9.40. The Balaban J connectivity index is 3.08. The molecule has 0 bridgehead atoms. The summed E-state index contributed by atoms with van der Waals surface area (Å²) in [7, 11) is 0. The van der Waals surface area contributed by atoms with Crippen LogP contribution in [0.5, 0.6) is 0 Å². The van der Waals surface area contributed by atoms with Crippen molar-refractivity contribution in [1.29, 1.82) is 0 Å². The van der Waals surface area contributed by atoms with E-state index in [1.807, 2.05) is 0 Å². The van der Waals surface area contributed by atoms with Crippen LogP contribution in [0.2, 0.25) is 0 Å². The van der Waals surface area contributed by atoms with Crippen LogP contribution in [0.15, 0.2) is 0 Å². The molecule has 0 rings (SSSR count). The van der Waals surface area contributed by atoms with E-state index in [0.717, 1.165) is 12.8 Å². The molecule has 0 saturated carbocycles. The summed E-state index contributed by atoms with van der Waals surface area (Å²) in [4.78, 5) is 11.6. The Bertz CT molecular complexity index is 327. The van der Waals surface area contributed by atoms with Gasteiger partial charge >= 0.3 is 5.97 Å². The van der Waals surface area contributed by atoms with Crippen LogP contribution >= 0.6 is 0 Å². The number of carbonyl (C=O) groups is 1. The van der Waals surface area contributed by atoms with E-state index in [1.54, 1.807) is 0 Å². The van der Waals surface area contributed by atoms with Gasteiger partial charge in [0.2, 0.25) is 0 Å². The third kappa shape index (κ3) is 25.5. The largest absolute Gasteiger partial charge is 0.466 e. The average Bonchev–Trinajstić information content (AvgIpc) is 2.75. The van der Waals surface area contributed by atoms with Gasteiger partial charge in [-0.15, -0.1) is 0 Å². The minimum Gasteiger partial charge on any atom is -0.466 e. The summed E-state index contributed by atoms with van der Waals surface area (Å²) in [5, 5.41) is 0. The quantitative estimate of drug-likeness (QED) is 0.108. The van der Waals surface area contributed by atoms with Gasteiger partial charge in [0.1, 0.15) is 0 Å². The van der Waals surface area contributed by atoms with E-state index in [-0.39, 0.29) is 5.97 Å². The van der Waals surface area contributed by atoms with Crippen molar-refractivity contribution in [3.63, 3.8) is 0 Å². The van der Waals surface area contributed by atoms with Gasteiger partial charge in [-0.25, -0.2) is 0 Å². The van der Waals surface area contributed by atoms with Crippen molar-refractivity contribution < 1.29 is 9.53 Å². The van der Waals surface area contributed by atoms with Gasteiger partial charge < -0.3 is 4.74 Å². The summed E-state index contributed by atoms with van der Waals surface area (Å²) >= 11 is 0. The lowest BCUT2D eigenvalue weighted by Crippen LogP contribution is -2.05. The van der Waals surface area contributed by atoms with E-state index in [2.05, 4.69) is 13.8 Å². The molecule has 0 spiro atoms. The zero-order chi connectivity index (χ0) is 22.0. The van der Waals surface area contributed by atoms with E-state index in [1.165, 1.54) is 135 Å².